The molecule has 1 amide bonds. The number of benzene rings is 1. The monoisotopic (exact) mass is 386 g/mol. The number of carbonyl (C=O) groups excluding carboxylic acids is 1. The molecule has 146 valence electrons. The smallest absolute Gasteiger partial charge is 0.311 e. The number of fused-ring (bicyclic) bond motifs is 1. The molecule has 2 saturated heterocycles. The van der Waals surface area contributed by atoms with E-state index in [-0.39, 0.29) is 29.8 Å². The average Bonchev–Trinajstić information content (AvgIpc) is 3.33. The number of hydrogen-bond donors (Lipinski definition) is 1. The van der Waals surface area contributed by atoms with Gasteiger partial charge in [0.25, 0.3) is 11.6 Å². The summed E-state index contributed by atoms with van der Waals surface area (Å²) in [4.78, 5) is 36.7. The van der Waals surface area contributed by atoms with E-state index in [0.29, 0.717) is 31.9 Å². The lowest BCUT2D eigenvalue weighted by atomic mass is 9.74. The summed E-state index contributed by atoms with van der Waals surface area (Å²) in [7, 11) is 0. The molecular formula is C18H18N4O6. The quantitative estimate of drug-likeness (QED) is 0.620. The second-order valence-corrected chi connectivity index (χ2v) is 7.09. The molecule has 10 heteroatoms. The van der Waals surface area contributed by atoms with Gasteiger partial charge in [0.1, 0.15) is 0 Å². The van der Waals surface area contributed by atoms with Gasteiger partial charge in [0.2, 0.25) is 0 Å². The van der Waals surface area contributed by atoms with Gasteiger partial charge in [-0.15, -0.1) is 0 Å². The summed E-state index contributed by atoms with van der Waals surface area (Å²) in [5.74, 6) is -1.51. The van der Waals surface area contributed by atoms with Crippen molar-refractivity contribution in [2.24, 2.45) is 11.3 Å². The maximum absolute atomic E-state index is 12.9. The number of aliphatic carboxylic acids is 1. The van der Waals surface area contributed by atoms with Crippen LogP contribution >= 0.6 is 0 Å². The summed E-state index contributed by atoms with van der Waals surface area (Å²) in [6.07, 6.45) is 1.92. The number of nitro benzene ring substituents is 1. The van der Waals surface area contributed by atoms with Crippen molar-refractivity contribution in [1.29, 1.82) is 0 Å². The van der Waals surface area contributed by atoms with Crippen LogP contribution in [0.3, 0.4) is 0 Å². The standard InChI is InChI=1S/C18H18N4O6/c23-16(20-9-12-10-28-7-5-18(12,11-20)17(24)25)15-4-6-21(19-15)13-2-1-3-14(8-13)22(26)27/h1-4,6,8,12H,5,7,9-11H2,(H,24,25)/t12-,18+/m0/s1. The van der Waals surface area contributed by atoms with Gasteiger partial charge in [-0.2, -0.15) is 5.10 Å². The molecule has 0 saturated carbocycles. The molecule has 2 aliphatic heterocycles. The van der Waals surface area contributed by atoms with E-state index < -0.39 is 16.3 Å². The van der Waals surface area contributed by atoms with Crippen molar-refractivity contribution in [2.75, 3.05) is 26.3 Å². The summed E-state index contributed by atoms with van der Waals surface area (Å²) < 4.78 is 6.80. The number of nitro groups is 1. The summed E-state index contributed by atoms with van der Waals surface area (Å²) >= 11 is 0. The molecule has 4 rings (SSSR count). The highest BCUT2D eigenvalue weighted by molar-refractivity contribution is 5.93. The molecular weight excluding hydrogens is 368 g/mol. The van der Waals surface area contributed by atoms with Gasteiger partial charge in [0.15, 0.2) is 5.69 Å². The minimum Gasteiger partial charge on any atom is -0.481 e. The van der Waals surface area contributed by atoms with Gasteiger partial charge < -0.3 is 14.7 Å². The topological polar surface area (TPSA) is 128 Å². The number of hydrogen-bond acceptors (Lipinski definition) is 6. The van der Waals surface area contributed by atoms with Gasteiger partial charge >= 0.3 is 5.97 Å². The predicted molar refractivity (Wildman–Crippen MR) is 95.1 cm³/mol. The van der Waals surface area contributed by atoms with Crippen molar-refractivity contribution in [2.45, 2.75) is 6.42 Å². The molecule has 2 aliphatic rings. The lowest BCUT2D eigenvalue weighted by Crippen LogP contribution is -2.45. The molecule has 10 nitrogen and oxygen atoms in total. The second-order valence-electron chi connectivity index (χ2n) is 7.09. The fourth-order valence-electron chi connectivity index (χ4n) is 3.95. The molecule has 0 unspecified atom stereocenters. The number of carboxylic acids is 1. The predicted octanol–water partition coefficient (Wildman–Crippen LogP) is 1.34. The largest absolute Gasteiger partial charge is 0.481 e. The van der Waals surface area contributed by atoms with Crippen molar-refractivity contribution in [3.05, 3.63) is 52.3 Å². The average molecular weight is 386 g/mol. The first-order valence-corrected chi connectivity index (χ1v) is 8.82. The number of carboxylic acid groups (broad SMARTS) is 1. The molecule has 1 aromatic carbocycles. The van der Waals surface area contributed by atoms with Gasteiger partial charge in [-0.3, -0.25) is 19.7 Å². The lowest BCUT2D eigenvalue weighted by Gasteiger charge is -2.33. The Morgan fingerprint density at radius 2 is 2.18 bits per heavy atom. The maximum Gasteiger partial charge on any atom is 0.311 e. The fraction of sp³-hybridized carbons (Fsp3) is 0.389. The van der Waals surface area contributed by atoms with Crippen LogP contribution in [0, 0.1) is 21.4 Å². The van der Waals surface area contributed by atoms with E-state index in [1.165, 1.54) is 27.8 Å². The molecule has 1 aromatic heterocycles. The molecule has 28 heavy (non-hydrogen) atoms. The fourth-order valence-corrected chi connectivity index (χ4v) is 3.95. The first-order valence-electron chi connectivity index (χ1n) is 8.82. The molecule has 0 spiro atoms. The minimum absolute atomic E-state index is 0.0760. The molecule has 2 atom stereocenters. The lowest BCUT2D eigenvalue weighted by molar-refractivity contribution is -0.384. The zero-order valence-electron chi connectivity index (χ0n) is 14.9. The van der Waals surface area contributed by atoms with Crippen molar-refractivity contribution >= 4 is 17.6 Å². The molecule has 1 N–H and O–H groups in total. The Kier molecular flexibility index (Phi) is 4.34. The van der Waals surface area contributed by atoms with Gasteiger partial charge in [-0.1, -0.05) is 6.07 Å². The van der Waals surface area contributed by atoms with Crippen LogP contribution in [0.25, 0.3) is 5.69 Å². The molecule has 0 bridgehead atoms. The van der Waals surface area contributed by atoms with Crippen LogP contribution in [0.2, 0.25) is 0 Å². The summed E-state index contributed by atoms with van der Waals surface area (Å²) in [6, 6.07) is 7.45. The van der Waals surface area contributed by atoms with Crippen LogP contribution in [0.4, 0.5) is 5.69 Å². The van der Waals surface area contributed by atoms with Crippen LogP contribution in [-0.4, -0.2) is 62.9 Å². The van der Waals surface area contributed by atoms with E-state index in [0.717, 1.165) is 0 Å². The molecule has 0 radical (unpaired) electrons. The Balaban J connectivity index is 1.56. The molecule has 2 fully saturated rings. The Morgan fingerprint density at radius 3 is 2.89 bits per heavy atom. The van der Waals surface area contributed by atoms with Crippen molar-refractivity contribution in [1.82, 2.24) is 14.7 Å². The first-order chi connectivity index (χ1) is 13.4. The number of nitrogens with zero attached hydrogens (tertiary/aromatic N) is 4. The SMILES string of the molecule is O=C(c1ccn(-c2cccc([N+](=O)[O-])c2)n1)N1C[C@H]2COCC[C@@]2(C(=O)O)C1. The molecule has 3 heterocycles. The van der Waals surface area contributed by atoms with Gasteiger partial charge in [-0.05, 0) is 18.6 Å². The van der Waals surface area contributed by atoms with Gasteiger partial charge in [0, 0.05) is 43.9 Å². The van der Waals surface area contributed by atoms with Crippen LogP contribution in [0.1, 0.15) is 16.9 Å². The number of aromatic nitrogens is 2. The summed E-state index contributed by atoms with van der Waals surface area (Å²) in [5, 5.41) is 24.9. The van der Waals surface area contributed by atoms with E-state index >= 15 is 0 Å². The zero-order chi connectivity index (χ0) is 19.9. The zero-order valence-corrected chi connectivity index (χ0v) is 14.9. The Morgan fingerprint density at radius 1 is 1.36 bits per heavy atom. The van der Waals surface area contributed by atoms with Crippen molar-refractivity contribution in [3.63, 3.8) is 0 Å². The number of carbonyl (C=O) groups is 2. The minimum atomic E-state index is -0.976. The highest BCUT2D eigenvalue weighted by Crippen LogP contribution is 2.42. The number of rotatable bonds is 4. The Hall–Kier alpha value is -3.27. The number of amides is 1. The third kappa shape index (κ3) is 2.91. The van der Waals surface area contributed by atoms with Gasteiger partial charge in [0.05, 0.1) is 22.6 Å². The van der Waals surface area contributed by atoms with Crippen molar-refractivity contribution < 1.29 is 24.4 Å². The van der Waals surface area contributed by atoms with Crippen LogP contribution < -0.4 is 0 Å². The maximum atomic E-state index is 12.9. The number of non-ortho nitro benzene ring substituents is 1. The summed E-state index contributed by atoms with van der Waals surface area (Å²) in [6.45, 7) is 1.11. The van der Waals surface area contributed by atoms with Crippen LogP contribution in [0.15, 0.2) is 36.5 Å². The third-order valence-electron chi connectivity index (χ3n) is 5.53. The van der Waals surface area contributed by atoms with Gasteiger partial charge in [-0.25, -0.2) is 4.68 Å². The first kappa shape index (κ1) is 18.1. The summed E-state index contributed by atoms with van der Waals surface area (Å²) in [5.41, 5.74) is -0.436. The van der Waals surface area contributed by atoms with Crippen molar-refractivity contribution in [3.8, 4) is 5.69 Å². The molecule has 2 aromatic rings. The van der Waals surface area contributed by atoms with E-state index in [9.17, 15) is 24.8 Å². The van der Waals surface area contributed by atoms with E-state index in [2.05, 4.69) is 5.10 Å². The third-order valence-corrected chi connectivity index (χ3v) is 5.53. The van der Waals surface area contributed by atoms with E-state index in [1.54, 1.807) is 18.3 Å². The highest BCUT2D eigenvalue weighted by atomic mass is 16.6. The second kappa shape index (κ2) is 6.71. The normalized spacial score (nSPS) is 24.0. The Labute approximate surface area is 159 Å². The molecule has 0 aliphatic carbocycles. The van der Waals surface area contributed by atoms with Crippen LogP contribution in [0.5, 0.6) is 0 Å². The number of ether oxygens (including phenoxy) is 1. The van der Waals surface area contributed by atoms with E-state index in [1.807, 2.05) is 0 Å². The van der Waals surface area contributed by atoms with Crippen LogP contribution in [-0.2, 0) is 9.53 Å². The Bertz CT molecular complexity index is 957. The highest BCUT2D eigenvalue weighted by Gasteiger charge is 2.55. The van der Waals surface area contributed by atoms with E-state index in [4.69, 9.17) is 4.74 Å². The number of likely N-dealkylation sites (tertiary alicyclic amines) is 1.